The molecule has 0 atom stereocenters. The van der Waals surface area contributed by atoms with Crippen LogP contribution in [0, 0.1) is 6.92 Å². The van der Waals surface area contributed by atoms with Crippen LogP contribution in [-0.4, -0.2) is 0 Å². The maximum atomic E-state index is 2.53. The summed E-state index contributed by atoms with van der Waals surface area (Å²) in [6.45, 7) is 2.18. The molecule has 3 aliphatic rings. The molecule has 7 rings (SSSR count). The van der Waals surface area contributed by atoms with E-state index in [2.05, 4.69) is 60.7 Å². The molecule has 0 aliphatic heterocycles. The van der Waals surface area contributed by atoms with Gasteiger partial charge in [-0.05, 0) is 92.5 Å². The monoisotopic (exact) mass is 424 g/mol. The van der Waals surface area contributed by atoms with E-state index in [0.29, 0.717) is 0 Å². The fraction of sp³-hybridized carbons (Fsp3) is 0.304. The highest BCUT2D eigenvalue weighted by Crippen LogP contribution is 2.54. The molecule has 2 bridgehead atoms. The second-order valence-electron chi connectivity index (χ2n) is 7.72. The summed E-state index contributed by atoms with van der Waals surface area (Å²) in [4.78, 5) is 11.6. The molecular formula is C23H20S4. The zero-order valence-electron chi connectivity index (χ0n) is 15.2. The fourth-order valence-corrected chi connectivity index (χ4v) is 9.18. The highest BCUT2D eigenvalue weighted by molar-refractivity contribution is 7.28. The van der Waals surface area contributed by atoms with Crippen molar-refractivity contribution in [2.24, 2.45) is 0 Å². The molecule has 0 saturated heterocycles. The maximum absolute atomic E-state index is 2.53. The topological polar surface area (TPSA) is 0 Å². The number of fused-ring (bicyclic) bond motifs is 2. The normalized spacial score (nSPS) is 20.9. The third-order valence-electron chi connectivity index (χ3n) is 6.01. The van der Waals surface area contributed by atoms with Gasteiger partial charge in [0.2, 0.25) is 0 Å². The first-order chi connectivity index (χ1) is 13.2. The van der Waals surface area contributed by atoms with Crippen LogP contribution in [0.3, 0.4) is 0 Å². The molecule has 0 radical (unpaired) electrons. The average Bonchev–Trinajstić information content (AvgIpc) is 3.46. The van der Waals surface area contributed by atoms with Gasteiger partial charge < -0.3 is 0 Å². The quantitative estimate of drug-likeness (QED) is 0.308. The third kappa shape index (κ3) is 2.80. The summed E-state index contributed by atoms with van der Waals surface area (Å²) in [6.07, 6.45) is 5.69. The minimum atomic E-state index is 0.850. The molecule has 1 saturated carbocycles. The molecule has 136 valence electrons. The first-order valence-corrected chi connectivity index (χ1v) is 12.9. The molecule has 0 unspecified atom stereocenters. The van der Waals surface area contributed by atoms with Crippen LogP contribution >= 0.6 is 45.3 Å². The van der Waals surface area contributed by atoms with Crippen molar-refractivity contribution in [1.82, 2.24) is 0 Å². The van der Waals surface area contributed by atoms with Crippen LogP contribution in [0.5, 0.6) is 0 Å². The van der Waals surface area contributed by atoms with Gasteiger partial charge in [0.05, 0.1) is 0 Å². The first kappa shape index (κ1) is 16.7. The summed E-state index contributed by atoms with van der Waals surface area (Å²) < 4.78 is 0. The minimum absolute atomic E-state index is 0.850. The molecule has 1 fully saturated rings. The van der Waals surface area contributed by atoms with Gasteiger partial charge in [-0.3, -0.25) is 0 Å². The maximum Gasteiger partial charge on any atom is 0.0449 e. The standard InChI is InChI=1S/C23H20S4/c1-13-2-7-17(24-13)18-8-9-19(25-18)20-10-11-21(26-20)22-12-16-14-3-5-15(6-4-14)23(16)27-22/h2,7-12,14-15H,3-6H2,1H3. The molecule has 0 N–H and O–H groups in total. The van der Waals surface area contributed by atoms with Gasteiger partial charge in [0, 0.05) is 39.0 Å². The van der Waals surface area contributed by atoms with E-state index >= 15 is 0 Å². The van der Waals surface area contributed by atoms with Gasteiger partial charge in [-0.1, -0.05) is 0 Å². The molecule has 27 heavy (non-hydrogen) atoms. The lowest BCUT2D eigenvalue weighted by Crippen LogP contribution is -2.19. The Morgan fingerprint density at radius 1 is 0.593 bits per heavy atom. The predicted molar refractivity (Wildman–Crippen MR) is 123 cm³/mol. The third-order valence-corrected chi connectivity index (χ3v) is 11.1. The number of hydrogen-bond acceptors (Lipinski definition) is 4. The van der Waals surface area contributed by atoms with Crippen molar-refractivity contribution in [1.29, 1.82) is 0 Å². The number of rotatable bonds is 3. The summed E-state index contributed by atoms with van der Waals surface area (Å²) in [6, 6.07) is 16.2. The largest absolute Gasteiger partial charge is 0.140 e. The first-order valence-electron chi connectivity index (χ1n) is 9.65. The lowest BCUT2D eigenvalue weighted by molar-refractivity contribution is 0.365. The van der Waals surface area contributed by atoms with E-state index in [1.54, 1.807) is 10.4 Å². The Labute approximate surface area is 176 Å². The Bertz CT molecular complexity index is 1080. The number of hydrogen-bond donors (Lipinski definition) is 0. The molecule has 0 amide bonds. The van der Waals surface area contributed by atoms with E-state index in [4.69, 9.17) is 0 Å². The van der Waals surface area contributed by atoms with Gasteiger partial charge in [0.1, 0.15) is 0 Å². The lowest BCUT2D eigenvalue weighted by atomic mass is 9.71. The summed E-state index contributed by atoms with van der Waals surface area (Å²) in [7, 11) is 0. The van der Waals surface area contributed by atoms with Gasteiger partial charge in [-0.15, -0.1) is 45.3 Å². The Kier molecular flexibility index (Phi) is 3.97. The van der Waals surface area contributed by atoms with Crippen molar-refractivity contribution in [2.75, 3.05) is 0 Å². The van der Waals surface area contributed by atoms with Crippen molar-refractivity contribution >= 4 is 45.3 Å². The molecule has 4 aromatic rings. The van der Waals surface area contributed by atoms with E-state index in [0.717, 1.165) is 11.8 Å². The fourth-order valence-electron chi connectivity index (χ4n) is 4.62. The van der Waals surface area contributed by atoms with Crippen LogP contribution in [0.25, 0.3) is 29.3 Å². The Hall–Kier alpha value is -1.20. The van der Waals surface area contributed by atoms with E-state index in [1.807, 2.05) is 34.0 Å². The van der Waals surface area contributed by atoms with Crippen molar-refractivity contribution in [2.45, 2.75) is 44.4 Å². The zero-order valence-corrected chi connectivity index (χ0v) is 18.4. The van der Waals surface area contributed by atoms with Crippen LogP contribution in [0.15, 0.2) is 42.5 Å². The van der Waals surface area contributed by atoms with Crippen LogP contribution in [-0.2, 0) is 0 Å². The highest BCUT2D eigenvalue weighted by atomic mass is 32.1. The number of aryl methyl sites for hydroxylation is 1. The van der Waals surface area contributed by atoms with Gasteiger partial charge in [0.15, 0.2) is 0 Å². The van der Waals surface area contributed by atoms with Crippen molar-refractivity contribution in [3.8, 4) is 29.3 Å². The van der Waals surface area contributed by atoms with Crippen LogP contribution in [0.1, 0.15) is 52.8 Å². The van der Waals surface area contributed by atoms with Crippen molar-refractivity contribution < 1.29 is 0 Å². The Morgan fingerprint density at radius 2 is 1.11 bits per heavy atom. The van der Waals surface area contributed by atoms with E-state index in [9.17, 15) is 0 Å². The second-order valence-corrected chi connectivity index (χ2v) is 12.3. The van der Waals surface area contributed by atoms with E-state index in [-0.39, 0.29) is 0 Å². The summed E-state index contributed by atoms with van der Waals surface area (Å²) in [5, 5.41) is 0. The summed E-state index contributed by atoms with van der Waals surface area (Å²) >= 11 is 7.86. The Balaban J connectivity index is 1.32. The molecular weight excluding hydrogens is 405 g/mol. The number of thiophene rings is 4. The van der Waals surface area contributed by atoms with Crippen LogP contribution in [0.2, 0.25) is 0 Å². The summed E-state index contributed by atoms with van der Waals surface area (Å²) in [5.41, 5.74) is 1.69. The molecule has 3 aliphatic carbocycles. The molecule has 4 heterocycles. The second kappa shape index (κ2) is 6.41. The van der Waals surface area contributed by atoms with Crippen molar-refractivity contribution in [3.63, 3.8) is 0 Å². The minimum Gasteiger partial charge on any atom is -0.140 e. The summed E-state index contributed by atoms with van der Waals surface area (Å²) in [5.74, 6) is 1.71. The van der Waals surface area contributed by atoms with Gasteiger partial charge >= 0.3 is 0 Å². The molecule has 0 nitrogen and oxygen atoms in total. The average molecular weight is 425 g/mol. The SMILES string of the molecule is Cc1ccc(-c2ccc(-c3ccc(-c4cc5c(s4)C4CCC5CC4)s3)s2)s1. The van der Waals surface area contributed by atoms with Gasteiger partial charge in [0.25, 0.3) is 0 Å². The van der Waals surface area contributed by atoms with Gasteiger partial charge in [-0.25, -0.2) is 0 Å². The van der Waals surface area contributed by atoms with E-state index < -0.39 is 0 Å². The predicted octanol–water partition coefficient (Wildman–Crippen LogP) is 9.00. The van der Waals surface area contributed by atoms with Crippen LogP contribution < -0.4 is 0 Å². The molecule has 4 heteroatoms. The zero-order chi connectivity index (χ0) is 18.0. The smallest absolute Gasteiger partial charge is 0.0449 e. The molecule has 0 spiro atoms. The van der Waals surface area contributed by atoms with Crippen LogP contribution in [0.4, 0.5) is 0 Å². The molecule has 4 aromatic heterocycles. The van der Waals surface area contributed by atoms with Crippen molar-refractivity contribution in [3.05, 3.63) is 57.8 Å². The molecule has 0 aromatic carbocycles. The Morgan fingerprint density at radius 3 is 1.67 bits per heavy atom. The van der Waals surface area contributed by atoms with Gasteiger partial charge in [-0.2, -0.15) is 0 Å². The highest BCUT2D eigenvalue weighted by Gasteiger charge is 2.34. The van der Waals surface area contributed by atoms with E-state index in [1.165, 1.54) is 59.8 Å². The lowest BCUT2D eigenvalue weighted by Gasteiger charge is -2.35.